The fourth-order valence-corrected chi connectivity index (χ4v) is 1.72. The van der Waals surface area contributed by atoms with Gasteiger partial charge < -0.3 is 16.6 Å². The van der Waals surface area contributed by atoms with Gasteiger partial charge in [0.15, 0.2) is 5.96 Å². The smallest absolute Gasteiger partial charge is 0.406 e. The molecule has 12 heteroatoms. The molecule has 0 fully saturated rings. The predicted octanol–water partition coefficient (Wildman–Crippen LogP) is 0.539. The molecule has 1 unspecified atom stereocenters. The number of nitrogens with one attached hydrogen (secondary N) is 2. The number of halogens is 3. The normalized spacial score (nSPS) is 12.6. The van der Waals surface area contributed by atoms with Crippen LogP contribution < -0.4 is 22.4 Å². The van der Waals surface area contributed by atoms with Gasteiger partial charge in [-0.15, -0.1) is 0 Å². The van der Waals surface area contributed by atoms with Crippen molar-refractivity contribution in [1.82, 2.24) is 11.0 Å². The summed E-state index contributed by atoms with van der Waals surface area (Å²) in [5.41, 5.74) is 16.1. The van der Waals surface area contributed by atoms with E-state index in [-0.39, 0.29) is 25.7 Å². The Bertz CT molecular complexity index is 608. The summed E-state index contributed by atoms with van der Waals surface area (Å²) < 4.78 is 37.6. The Hall–Kier alpha value is -2.41. The number of hydrogen-bond donors (Lipinski definition) is 5. The van der Waals surface area contributed by atoms with E-state index in [2.05, 4.69) is 15.3 Å². The van der Waals surface area contributed by atoms with E-state index >= 15 is 0 Å². The first-order chi connectivity index (χ1) is 12.2. The lowest BCUT2D eigenvalue weighted by Gasteiger charge is -2.19. The monoisotopic (exact) mass is 379 g/mol. The number of carboxylic acids is 1. The van der Waals surface area contributed by atoms with Crippen molar-refractivity contribution in [3.05, 3.63) is 29.8 Å². The van der Waals surface area contributed by atoms with Gasteiger partial charge in [-0.3, -0.25) is 14.5 Å². The van der Waals surface area contributed by atoms with Gasteiger partial charge >= 0.3 is 12.1 Å². The minimum atomic E-state index is -4.73. The first kappa shape index (κ1) is 21.6. The SMILES string of the molecule is NC(N)=Nc1cccc(CONCCONC(CC(=O)O)C(F)(F)F)c1. The number of hydroxylamine groups is 2. The number of alkyl halides is 3. The first-order valence-electron chi connectivity index (χ1n) is 7.37. The summed E-state index contributed by atoms with van der Waals surface area (Å²) in [5.74, 6) is -1.67. The number of aliphatic carboxylic acids is 1. The van der Waals surface area contributed by atoms with Gasteiger partial charge in [-0.2, -0.15) is 24.1 Å². The van der Waals surface area contributed by atoms with Crippen LogP contribution in [0, 0.1) is 0 Å². The minimum Gasteiger partial charge on any atom is -0.481 e. The average Bonchev–Trinajstić information content (AvgIpc) is 2.51. The molecular formula is C14H20F3N5O4. The van der Waals surface area contributed by atoms with Crippen LogP contribution in [0.2, 0.25) is 0 Å². The second kappa shape index (κ2) is 10.6. The van der Waals surface area contributed by atoms with E-state index in [1.807, 2.05) is 0 Å². The lowest BCUT2D eigenvalue weighted by atomic mass is 10.2. The van der Waals surface area contributed by atoms with Crippen molar-refractivity contribution in [3.63, 3.8) is 0 Å². The molecule has 0 saturated heterocycles. The molecule has 0 amide bonds. The maximum Gasteiger partial charge on any atom is 0.406 e. The largest absolute Gasteiger partial charge is 0.481 e. The molecule has 0 radical (unpaired) electrons. The second-order valence-electron chi connectivity index (χ2n) is 5.05. The van der Waals surface area contributed by atoms with Gasteiger partial charge in [0, 0.05) is 6.54 Å². The summed E-state index contributed by atoms with van der Waals surface area (Å²) in [7, 11) is 0. The van der Waals surface area contributed by atoms with Crippen LogP contribution in [0.15, 0.2) is 29.3 Å². The van der Waals surface area contributed by atoms with E-state index in [1.165, 1.54) is 0 Å². The number of carboxylic acid groups (broad SMARTS) is 1. The highest BCUT2D eigenvalue weighted by molar-refractivity contribution is 5.79. The summed E-state index contributed by atoms with van der Waals surface area (Å²) >= 11 is 0. The van der Waals surface area contributed by atoms with Crippen LogP contribution in [0.4, 0.5) is 18.9 Å². The summed E-state index contributed by atoms with van der Waals surface area (Å²) in [4.78, 5) is 24.0. The van der Waals surface area contributed by atoms with E-state index in [0.29, 0.717) is 5.69 Å². The van der Waals surface area contributed by atoms with Crippen molar-refractivity contribution in [3.8, 4) is 0 Å². The van der Waals surface area contributed by atoms with Crippen LogP contribution in [0.3, 0.4) is 0 Å². The third kappa shape index (κ3) is 9.17. The molecule has 26 heavy (non-hydrogen) atoms. The van der Waals surface area contributed by atoms with Crippen molar-refractivity contribution in [2.45, 2.75) is 25.2 Å². The Morgan fingerprint density at radius 3 is 2.65 bits per heavy atom. The molecule has 1 aromatic carbocycles. The number of benzene rings is 1. The van der Waals surface area contributed by atoms with Crippen molar-refractivity contribution in [1.29, 1.82) is 0 Å². The molecule has 1 atom stereocenters. The number of nitrogens with two attached hydrogens (primary N) is 2. The maximum absolute atomic E-state index is 12.5. The molecule has 0 aliphatic carbocycles. The highest BCUT2D eigenvalue weighted by Gasteiger charge is 2.41. The topological polar surface area (TPSA) is 144 Å². The lowest BCUT2D eigenvalue weighted by molar-refractivity contribution is -0.191. The Labute approximate surface area is 147 Å². The number of carbonyl (C=O) groups is 1. The van der Waals surface area contributed by atoms with Crippen LogP contribution in [0.25, 0.3) is 0 Å². The molecule has 0 bridgehead atoms. The Morgan fingerprint density at radius 1 is 1.31 bits per heavy atom. The van der Waals surface area contributed by atoms with Gasteiger partial charge in [0.2, 0.25) is 0 Å². The second-order valence-corrected chi connectivity index (χ2v) is 5.05. The third-order valence-electron chi connectivity index (χ3n) is 2.82. The van der Waals surface area contributed by atoms with Gasteiger partial charge in [0.05, 0.1) is 25.3 Å². The quantitative estimate of drug-likeness (QED) is 0.162. The summed E-state index contributed by atoms with van der Waals surface area (Å²) in [6.07, 6.45) is -5.87. The molecule has 146 valence electrons. The standard InChI is InChI=1S/C14H20F3N5O4/c15-14(16,17)11(7-12(23)24)22-25-5-4-20-26-8-9-2-1-3-10(6-9)21-13(18)19/h1-3,6,11,20,22H,4-5,7-8H2,(H,23,24)(H4,18,19,21). The molecule has 1 aromatic rings. The zero-order valence-corrected chi connectivity index (χ0v) is 13.6. The lowest BCUT2D eigenvalue weighted by Crippen LogP contribution is -2.44. The number of rotatable bonds is 11. The van der Waals surface area contributed by atoms with Gasteiger partial charge in [0.1, 0.15) is 6.04 Å². The molecule has 0 spiro atoms. The number of hydrogen-bond acceptors (Lipinski definition) is 6. The first-order valence-corrected chi connectivity index (χ1v) is 7.37. The van der Waals surface area contributed by atoms with Crippen LogP contribution >= 0.6 is 0 Å². The highest BCUT2D eigenvalue weighted by Crippen LogP contribution is 2.22. The van der Waals surface area contributed by atoms with Gasteiger partial charge in [-0.25, -0.2) is 4.99 Å². The number of nitrogens with zero attached hydrogens (tertiary/aromatic N) is 1. The van der Waals surface area contributed by atoms with Crippen LogP contribution in [0.5, 0.6) is 0 Å². The molecule has 0 heterocycles. The van der Waals surface area contributed by atoms with Crippen LogP contribution in [-0.4, -0.2) is 42.4 Å². The van der Waals surface area contributed by atoms with Crippen LogP contribution in [0.1, 0.15) is 12.0 Å². The van der Waals surface area contributed by atoms with Crippen molar-refractivity contribution in [2.24, 2.45) is 16.5 Å². The van der Waals surface area contributed by atoms with Gasteiger partial charge in [0.25, 0.3) is 0 Å². The molecule has 0 saturated carbocycles. The van der Waals surface area contributed by atoms with E-state index < -0.39 is 24.6 Å². The molecule has 0 aliphatic rings. The van der Waals surface area contributed by atoms with E-state index in [9.17, 15) is 18.0 Å². The fraction of sp³-hybridized carbons (Fsp3) is 0.429. The maximum atomic E-state index is 12.5. The summed E-state index contributed by atoms with van der Waals surface area (Å²) in [6, 6.07) is 4.60. The summed E-state index contributed by atoms with van der Waals surface area (Å²) in [6.45, 7) is 0.0456. The van der Waals surface area contributed by atoms with Gasteiger partial charge in [-0.05, 0) is 17.7 Å². The molecule has 7 N–H and O–H groups in total. The average molecular weight is 379 g/mol. The van der Waals surface area contributed by atoms with Crippen LogP contribution in [-0.2, 0) is 21.1 Å². The number of aliphatic imine (C=N–C) groups is 1. The molecule has 0 aliphatic heterocycles. The highest BCUT2D eigenvalue weighted by atomic mass is 19.4. The molecular weight excluding hydrogens is 359 g/mol. The summed E-state index contributed by atoms with van der Waals surface area (Å²) in [5, 5.41) is 8.45. The molecule has 0 aromatic heterocycles. The fourth-order valence-electron chi connectivity index (χ4n) is 1.72. The van der Waals surface area contributed by atoms with E-state index in [4.69, 9.17) is 21.4 Å². The van der Waals surface area contributed by atoms with Gasteiger partial charge in [-0.1, -0.05) is 12.1 Å². The number of guanidine groups is 1. The van der Waals surface area contributed by atoms with Crippen molar-refractivity contribution < 1.29 is 32.7 Å². The van der Waals surface area contributed by atoms with E-state index in [1.54, 1.807) is 29.7 Å². The van der Waals surface area contributed by atoms with Crippen molar-refractivity contribution in [2.75, 3.05) is 13.2 Å². The third-order valence-corrected chi connectivity index (χ3v) is 2.82. The Kier molecular flexibility index (Phi) is 8.78. The Balaban J connectivity index is 2.25. The van der Waals surface area contributed by atoms with Crippen molar-refractivity contribution >= 4 is 17.6 Å². The minimum absolute atomic E-state index is 0.0677. The molecule has 9 nitrogen and oxygen atoms in total. The molecule has 1 rings (SSSR count). The zero-order valence-electron chi connectivity index (χ0n) is 13.6. The van der Waals surface area contributed by atoms with E-state index in [0.717, 1.165) is 5.56 Å². The zero-order chi connectivity index (χ0) is 19.6. The Morgan fingerprint density at radius 2 is 2.04 bits per heavy atom. The predicted molar refractivity (Wildman–Crippen MR) is 85.9 cm³/mol.